The van der Waals surface area contributed by atoms with Crippen LogP contribution in [0, 0.1) is 5.82 Å². The van der Waals surface area contributed by atoms with Crippen LogP contribution in [-0.4, -0.2) is 80.6 Å². The Labute approximate surface area is 154 Å². The zero-order chi connectivity index (χ0) is 18.2. The van der Waals surface area contributed by atoms with Crippen LogP contribution in [0.15, 0.2) is 18.2 Å². The lowest BCUT2D eigenvalue weighted by atomic mass is 10.2. The molecule has 1 amide bonds. The molecule has 0 atom stereocenters. The van der Waals surface area contributed by atoms with Gasteiger partial charge in [-0.3, -0.25) is 14.6 Å². The van der Waals surface area contributed by atoms with Crippen LogP contribution >= 0.6 is 11.6 Å². The number of carbonyl (C=O) groups excluding carboxylic acids is 1. The van der Waals surface area contributed by atoms with E-state index in [0.29, 0.717) is 37.8 Å². The molecule has 0 saturated carbocycles. The number of rotatable bonds is 8. The number of halogens is 2. The Morgan fingerprint density at radius 1 is 1.32 bits per heavy atom. The van der Waals surface area contributed by atoms with Gasteiger partial charge in [-0.25, -0.2) is 4.39 Å². The summed E-state index contributed by atoms with van der Waals surface area (Å²) in [6.07, 6.45) is 0.923. The summed E-state index contributed by atoms with van der Waals surface area (Å²) in [7, 11) is 3.64. The fraction of sp³-hybridized carbons (Fsp3) is 0.611. The monoisotopic (exact) mass is 371 g/mol. The lowest BCUT2D eigenvalue weighted by Crippen LogP contribution is -2.50. The summed E-state index contributed by atoms with van der Waals surface area (Å²) in [5.41, 5.74) is 0.917. The molecule has 5 nitrogen and oxygen atoms in total. The minimum atomic E-state index is -0.321. The second kappa shape index (κ2) is 10.1. The molecule has 0 N–H and O–H groups in total. The van der Waals surface area contributed by atoms with E-state index in [1.165, 1.54) is 12.1 Å². The summed E-state index contributed by atoms with van der Waals surface area (Å²) in [4.78, 5) is 18.6. The van der Waals surface area contributed by atoms with Crippen molar-refractivity contribution >= 4 is 17.5 Å². The smallest absolute Gasteiger partial charge is 0.236 e. The largest absolute Gasteiger partial charge is 0.385 e. The Hall–Kier alpha value is -1.21. The van der Waals surface area contributed by atoms with E-state index in [1.807, 2.05) is 16.8 Å². The highest BCUT2D eigenvalue weighted by Gasteiger charge is 2.22. The van der Waals surface area contributed by atoms with Gasteiger partial charge in [-0.05, 0) is 31.2 Å². The van der Waals surface area contributed by atoms with E-state index in [9.17, 15) is 9.18 Å². The van der Waals surface area contributed by atoms with Crippen molar-refractivity contribution in [1.29, 1.82) is 0 Å². The number of benzene rings is 1. The number of hydrogen-bond acceptors (Lipinski definition) is 4. The third kappa shape index (κ3) is 6.55. The van der Waals surface area contributed by atoms with E-state index in [4.69, 9.17) is 16.3 Å². The van der Waals surface area contributed by atoms with Crippen molar-refractivity contribution in [2.24, 2.45) is 0 Å². The summed E-state index contributed by atoms with van der Waals surface area (Å²) < 4.78 is 18.1. The van der Waals surface area contributed by atoms with Gasteiger partial charge in [-0.2, -0.15) is 0 Å². The van der Waals surface area contributed by atoms with Gasteiger partial charge in [0.25, 0.3) is 0 Å². The van der Waals surface area contributed by atoms with Crippen molar-refractivity contribution in [2.45, 2.75) is 13.0 Å². The van der Waals surface area contributed by atoms with Crippen LogP contribution in [-0.2, 0) is 16.1 Å². The Bertz CT molecular complexity index is 565. The second-order valence-electron chi connectivity index (χ2n) is 6.48. The van der Waals surface area contributed by atoms with Crippen molar-refractivity contribution in [3.05, 3.63) is 34.6 Å². The maximum absolute atomic E-state index is 13.1. The first kappa shape index (κ1) is 20.1. The minimum Gasteiger partial charge on any atom is -0.385 e. The highest BCUT2D eigenvalue weighted by atomic mass is 35.5. The van der Waals surface area contributed by atoms with Gasteiger partial charge in [-0.1, -0.05) is 17.7 Å². The van der Waals surface area contributed by atoms with E-state index in [-0.39, 0.29) is 11.7 Å². The van der Waals surface area contributed by atoms with E-state index in [2.05, 4.69) is 4.90 Å². The predicted octanol–water partition coefficient (Wildman–Crippen LogP) is 2.09. The van der Waals surface area contributed by atoms with Crippen LogP contribution in [0.5, 0.6) is 0 Å². The van der Waals surface area contributed by atoms with Crippen LogP contribution in [0.1, 0.15) is 12.0 Å². The van der Waals surface area contributed by atoms with Gasteiger partial charge in [0.1, 0.15) is 5.82 Å². The second-order valence-corrected chi connectivity index (χ2v) is 6.88. The summed E-state index contributed by atoms with van der Waals surface area (Å²) in [6, 6.07) is 4.50. The molecule has 140 valence electrons. The zero-order valence-electron chi connectivity index (χ0n) is 15.0. The number of piperazine rings is 1. The molecule has 1 aromatic carbocycles. The highest BCUT2D eigenvalue weighted by molar-refractivity contribution is 6.31. The average Bonchev–Trinajstić information content (AvgIpc) is 2.58. The van der Waals surface area contributed by atoms with Crippen LogP contribution in [0.3, 0.4) is 0 Å². The fourth-order valence-electron chi connectivity index (χ4n) is 2.93. The molecular formula is C18H27ClFN3O2. The normalized spacial score (nSPS) is 15.8. The summed E-state index contributed by atoms with van der Waals surface area (Å²) in [5.74, 6) is -0.154. The third-order valence-electron chi connectivity index (χ3n) is 4.43. The van der Waals surface area contributed by atoms with E-state index >= 15 is 0 Å². The number of amides is 1. The summed E-state index contributed by atoms with van der Waals surface area (Å²) >= 11 is 6.09. The molecule has 1 heterocycles. The van der Waals surface area contributed by atoms with Gasteiger partial charge in [0, 0.05) is 58.0 Å². The van der Waals surface area contributed by atoms with Gasteiger partial charge in [0.05, 0.1) is 6.54 Å². The summed E-state index contributed by atoms with van der Waals surface area (Å²) in [5, 5.41) is 0.455. The molecule has 7 heteroatoms. The molecule has 1 aliphatic rings. The molecule has 0 bridgehead atoms. The Balaban J connectivity index is 1.74. The van der Waals surface area contributed by atoms with Gasteiger partial charge in [0.15, 0.2) is 0 Å². The lowest BCUT2D eigenvalue weighted by Gasteiger charge is -2.35. The molecule has 1 fully saturated rings. The molecule has 0 aliphatic carbocycles. The van der Waals surface area contributed by atoms with Crippen LogP contribution in [0.2, 0.25) is 5.02 Å². The molecule has 1 saturated heterocycles. The molecule has 1 aromatic rings. The molecule has 2 rings (SSSR count). The van der Waals surface area contributed by atoms with Gasteiger partial charge in [0.2, 0.25) is 5.91 Å². The number of nitrogens with zero attached hydrogens (tertiary/aromatic N) is 3. The van der Waals surface area contributed by atoms with Crippen LogP contribution in [0.25, 0.3) is 0 Å². The molecule has 0 unspecified atom stereocenters. The Kier molecular flexibility index (Phi) is 8.09. The fourth-order valence-corrected chi connectivity index (χ4v) is 3.16. The third-order valence-corrected chi connectivity index (χ3v) is 4.78. The first-order valence-electron chi connectivity index (χ1n) is 8.61. The average molecular weight is 372 g/mol. The van der Waals surface area contributed by atoms with Crippen molar-refractivity contribution in [3.8, 4) is 0 Å². The molecular weight excluding hydrogens is 345 g/mol. The molecule has 0 spiro atoms. The molecule has 0 aromatic heterocycles. The lowest BCUT2D eigenvalue weighted by molar-refractivity contribution is -0.134. The topological polar surface area (TPSA) is 36.0 Å². The molecule has 1 aliphatic heterocycles. The van der Waals surface area contributed by atoms with Crippen LogP contribution < -0.4 is 0 Å². The van der Waals surface area contributed by atoms with E-state index in [1.54, 1.807) is 13.2 Å². The van der Waals surface area contributed by atoms with E-state index < -0.39 is 0 Å². The first-order valence-corrected chi connectivity index (χ1v) is 8.99. The van der Waals surface area contributed by atoms with Crippen molar-refractivity contribution in [1.82, 2.24) is 14.7 Å². The first-order chi connectivity index (χ1) is 12.0. The number of likely N-dealkylation sites (N-methyl/N-ethyl adjacent to an activating group) is 1. The molecule has 25 heavy (non-hydrogen) atoms. The number of methoxy groups -OCH3 is 1. The molecule has 0 radical (unpaired) electrons. The Morgan fingerprint density at radius 3 is 2.68 bits per heavy atom. The zero-order valence-corrected chi connectivity index (χ0v) is 15.8. The predicted molar refractivity (Wildman–Crippen MR) is 97.3 cm³/mol. The van der Waals surface area contributed by atoms with Gasteiger partial charge >= 0.3 is 0 Å². The maximum atomic E-state index is 13.1. The minimum absolute atomic E-state index is 0.166. The highest BCUT2D eigenvalue weighted by Crippen LogP contribution is 2.19. The van der Waals surface area contributed by atoms with E-state index in [0.717, 1.165) is 31.6 Å². The number of hydrogen-bond donors (Lipinski definition) is 0. The van der Waals surface area contributed by atoms with Crippen molar-refractivity contribution < 1.29 is 13.9 Å². The van der Waals surface area contributed by atoms with Crippen molar-refractivity contribution in [2.75, 3.05) is 60.0 Å². The summed E-state index contributed by atoms with van der Waals surface area (Å²) in [6.45, 7) is 5.70. The van der Waals surface area contributed by atoms with Crippen LogP contribution in [0.4, 0.5) is 4.39 Å². The standard InChI is InChI=1S/C18H27ClFN3O2/c1-21(6-3-11-25-2)14-18(24)23-9-7-22(8-10-23)13-15-4-5-16(20)12-17(15)19/h4-5,12H,3,6-11,13-14H2,1-2H3. The Morgan fingerprint density at radius 2 is 2.04 bits per heavy atom. The number of carbonyl (C=O) groups is 1. The maximum Gasteiger partial charge on any atom is 0.236 e. The van der Waals surface area contributed by atoms with Gasteiger partial charge in [-0.15, -0.1) is 0 Å². The SMILES string of the molecule is COCCCN(C)CC(=O)N1CCN(Cc2ccc(F)cc2Cl)CC1. The number of ether oxygens (including phenoxy) is 1. The van der Waals surface area contributed by atoms with Gasteiger partial charge < -0.3 is 9.64 Å². The van der Waals surface area contributed by atoms with Crippen molar-refractivity contribution in [3.63, 3.8) is 0 Å². The quantitative estimate of drug-likeness (QED) is 0.656.